The molecule has 0 unspecified atom stereocenters. The molecule has 3 aromatic rings. The number of allylic oxidation sites excluding steroid dienone is 1. The molecule has 0 amide bonds. The Hall–Kier alpha value is -2.99. The van der Waals surface area contributed by atoms with Crippen molar-refractivity contribution in [1.29, 1.82) is 0 Å². The van der Waals surface area contributed by atoms with E-state index in [9.17, 15) is 18.0 Å². The summed E-state index contributed by atoms with van der Waals surface area (Å²) in [5, 5.41) is 9.41. The number of hydrogen-bond acceptors (Lipinski definition) is 9. The van der Waals surface area contributed by atoms with Crippen molar-refractivity contribution < 1.29 is 17.9 Å². The quantitative estimate of drug-likeness (QED) is 0.307. The van der Waals surface area contributed by atoms with Crippen molar-refractivity contribution in [3.63, 3.8) is 0 Å². The topological polar surface area (TPSA) is 137 Å². The molecule has 12 heteroatoms. The molecule has 1 atom stereocenters. The fourth-order valence-corrected chi connectivity index (χ4v) is 6.21. The summed E-state index contributed by atoms with van der Waals surface area (Å²) in [6.07, 6.45) is 2.22. The molecule has 10 nitrogen and oxygen atoms in total. The number of rotatable bonds is 7. The minimum Gasteiger partial charge on any atom is -0.465 e. The monoisotopic (exact) mass is 475 g/mol. The van der Waals surface area contributed by atoms with E-state index in [0.717, 1.165) is 0 Å². The first-order valence-electron chi connectivity index (χ1n) is 9.80. The van der Waals surface area contributed by atoms with E-state index < -0.39 is 15.8 Å². The van der Waals surface area contributed by atoms with Crippen LogP contribution in [0.4, 0.5) is 0 Å². The van der Waals surface area contributed by atoms with Gasteiger partial charge in [0.25, 0.3) is 5.56 Å². The molecule has 0 saturated carbocycles. The largest absolute Gasteiger partial charge is 0.465 e. The Morgan fingerprint density at radius 2 is 2.22 bits per heavy atom. The maximum Gasteiger partial charge on any atom is 0.337 e. The Morgan fingerprint density at radius 1 is 1.41 bits per heavy atom. The Bertz CT molecular complexity index is 1360. The van der Waals surface area contributed by atoms with Crippen LogP contribution in [-0.4, -0.2) is 57.7 Å². The highest BCUT2D eigenvalue weighted by Gasteiger charge is 2.33. The number of fused-ring (bicyclic) bond motifs is 1. The Balaban J connectivity index is 1.60. The van der Waals surface area contributed by atoms with E-state index in [1.807, 2.05) is 4.57 Å². The van der Waals surface area contributed by atoms with Crippen LogP contribution >= 0.6 is 11.8 Å². The number of H-pyrrole nitrogens is 1. The predicted molar refractivity (Wildman–Crippen MR) is 119 cm³/mol. The highest BCUT2D eigenvalue weighted by molar-refractivity contribution is 7.98. The molecule has 1 aliphatic rings. The van der Waals surface area contributed by atoms with Gasteiger partial charge in [0, 0.05) is 12.5 Å². The molecule has 2 aromatic heterocycles. The lowest BCUT2D eigenvalue weighted by Gasteiger charge is -2.11. The minimum absolute atomic E-state index is 0.0645. The smallest absolute Gasteiger partial charge is 0.337 e. The first kappa shape index (κ1) is 22.2. The van der Waals surface area contributed by atoms with Gasteiger partial charge in [-0.15, -0.1) is 16.8 Å². The molecule has 1 aliphatic heterocycles. The third-order valence-electron chi connectivity index (χ3n) is 5.17. The van der Waals surface area contributed by atoms with Crippen LogP contribution in [-0.2, 0) is 26.9 Å². The summed E-state index contributed by atoms with van der Waals surface area (Å²) in [5.74, 6) is 0.836. The van der Waals surface area contributed by atoms with Crippen LogP contribution in [0, 0.1) is 0 Å². The number of aromatic amines is 1. The van der Waals surface area contributed by atoms with Crippen molar-refractivity contribution in [3.05, 3.63) is 58.4 Å². The molecular weight excluding hydrogens is 454 g/mol. The fourth-order valence-electron chi connectivity index (χ4n) is 3.64. The second-order valence-electron chi connectivity index (χ2n) is 7.36. The summed E-state index contributed by atoms with van der Waals surface area (Å²) in [6.45, 7) is 4.20. The third kappa shape index (κ3) is 4.46. The fraction of sp³-hybridized carbons (Fsp3) is 0.350. The molecule has 1 aromatic carbocycles. The number of methoxy groups -OCH3 is 1. The van der Waals surface area contributed by atoms with Crippen molar-refractivity contribution in [2.24, 2.45) is 0 Å². The number of sulfone groups is 1. The van der Waals surface area contributed by atoms with Crippen LogP contribution in [0.5, 0.6) is 0 Å². The number of esters is 1. The zero-order valence-electron chi connectivity index (χ0n) is 17.3. The molecule has 3 heterocycles. The lowest BCUT2D eigenvalue weighted by Crippen LogP contribution is -2.13. The van der Waals surface area contributed by atoms with Crippen LogP contribution < -0.4 is 5.56 Å². The molecule has 0 bridgehead atoms. The number of hydrogen-bond donors (Lipinski definition) is 1. The Labute approximate surface area is 188 Å². The molecule has 168 valence electrons. The lowest BCUT2D eigenvalue weighted by molar-refractivity contribution is 0.0601. The van der Waals surface area contributed by atoms with Crippen LogP contribution in [0.1, 0.15) is 34.3 Å². The van der Waals surface area contributed by atoms with E-state index in [2.05, 4.69) is 26.7 Å². The van der Waals surface area contributed by atoms with E-state index in [1.165, 1.54) is 37.1 Å². The van der Waals surface area contributed by atoms with Crippen LogP contribution in [0.2, 0.25) is 0 Å². The summed E-state index contributed by atoms with van der Waals surface area (Å²) >= 11 is 1.32. The van der Waals surface area contributed by atoms with E-state index in [-0.39, 0.29) is 23.0 Å². The van der Waals surface area contributed by atoms with Crippen molar-refractivity contribution >= 4 is 38.5 Å². The average molecular weight is 476 g/mol. The van der Waals surface area contributed by atoms with Gasteiger partial charge in [-0.25, -0.2) is 18.2 Å². The standard InChI is InChI=1S/C20H21N5O5S2/c1-3-7-25-17(13-6-8-32(28,29)11-13)23-24-20(25)31-10-16-21-15-9-12(19(27)30-2)4-5-14(15)18(26)22-16/h3-5,9,13H,1,6-8,10-11H2,2H3,(H,21,22,26)/t13-/m0/s1. The predicted octanol–water partition coefficient (Wildman–Crippen LogP) is 1.68. The number of nitrogens with one attached hydrogen (secondary N) is 1. The summed E-state index contributed by atoms with van der Waals surface area (Å²) in [6, 6.07) is 4.57. The minimum atomic E-state index is -3.05. The molecule has 32 heavy (non-hydrogen) atoms. The summed E-state index contributed by atoms with van der Waals surface area (Å²) in [5.41, 5.74) is 0.377. The molecule has 4 rings (SSSR count). The van der Waals surface area contributed by atoms with Crippen molar-refractivity contribution in [2.75, 3.05) is 18.6 Å². The Kier molecular flexibility index (Phi) is 6.15. The van der Waals surface area contributed by atoms with Gasteiger partial charge in [0.05, 0.1) is 40.8 Å². The first-order chi connectivity index (χ1) is 15.3. The molecule has 1 saturated heterocycles. The zero-order chi connectivity index (χ0) is 22.9. The zero-order valence-corrected chi connectivity index (χ0v) is 18.9. The Morgan fingerprint density at radius 3 is 2.91 bits per heavy atom. The average Bonchev–Trinajstić information content (AvgIpc) is 3.33. The number of aromatic nitrogens is 5. The number of benzene rings is 1. The van der Waals surface area contributed by atoms with E-state index in [4.69, 9.17) is 4.74 Å². The van der Waals surface area contributed by atoms with Crippen molar-refractivity contribution in [2.45, 2.75) is 29.8 Å². The maximum atomic E-state index is 12.4. The molecule has 0 aliphatic carbocycles. The van der Waals surface area contributed by atoms with E-state index in [1.54, 1.807) is 6.08 Å². The molecule has 1 N–H and O–H groups in total. The highest BCUT2D eigenvalue weighted by Crippen LogP contribution is 2.30. The lowest BCUT2D eigenvalue weighted by atomic mass is 10.1. The molecule has 1 fully saturated rings. The van der Waals surface area contributed by atoms with Gasteiger partial charge in [0.2, 0.25) is 0 Å². The number of nitrogens with zero attached hydrogens (tertiary/aromatic N) is 4. The highest BCUT2D eigenvalue weighted by atomic mass is 32.2. The van der Waals surface area contributed by atoms with Gasteiger partial charge < -0.3 is 14.3 Å². The van der Waals surface area contributed by atoms with Crippen LogP contribution in [0.3, 0.4) is 0 Å². The SMILES string of the molecule is C=CCn1c(SCc2nc3cc(C(=O)OC)ccc3c(=O)[nH]2)nnc1[C@H]1CCS(=O)(=O)C1. The molecule has 0 radical (unpaired) electrons. The second-order valence-corrected chi connectivity index (χ2v) is 10.5. The maximum absolute atomic E-state index is 12.4. The van der Waals surface area contributed by atoms with Gasteiger partial charge in [-0.2, -0.15) is 0 Å². The van der Waals surface area contributed by atoms with Gasteiger partial charge in [0.15, 0.2) is 15.0 Å². The summed E-state index contributed by atoms with van der Waals surface area (Å²) < 4.78 is 30.3. The van der Waals surface area contributed by atoms with Crippen molar-refractivity contribution in [3.8, 4) is 0 Å². The van der Waals surface area contributed by atoms with E-state index in [0.29, 0.717) is 52.0 Å². The van der Waals surface area contributed by atoms with Gasteiger partial charge in [-0.1, -0.05) is 17.8 Å². The van der Waals surface area contributed by atoms with Gasteiger partial charge in [-0.3, -0.25) is 4.79 Å². The van der Waals surface area contributed by atoms with Crippen LogP contribution in [0.15, 0.2) is 40.8 Å². The number of ether oxygens (including phenoxy) is 1. The molecule has 0 spiro atoms. The normalized spacial score (nSPS) is 17.5. The van der Waals surface area contributed by atoms with Gasteiger partial charge in [-0.05, 0) is 24.6 Å². The van der Waals surface area contributed by atoms with Crippen LogP contribution in [0.25, 0.3) is 10.9 Å². The summed E-state index contributed by atoms with van der Waals surface area (Å²) in [7, 11) is -1.77. The molecular formula is C20H21N5O5S2. The van der Waals surface area contributed by atoms with Crippen molar-refractivity contribution in [1.82, 2.24) is 24.7 Å². The second kappa shape index (κ2) is 8.87. The number of thioether (sulfide) groups is 1. The summed E-state index contributed by atoms with van der Waals surface area (Å²) in [4.78, 5) is 31.4. The van der Waals surface area contributed by atoms with Gasteiger partial charge >= 0.3 is 5.97 Å². The first-order valence-corrected chi connectivity index (χ1v) is 12.6. The van der Waals surface area contributed by atoms with E-state index >= 15 is 0 Å². The third-order valence-corrected chi connectivity index (χ3v) is 7.92. The van der Waals surface area contributed by atoms with Gasteiger partial charge in [0.1, 0.15) is 11.6 Å². The number of carbonyl (C=O) groups excluding carboxylic acids is 1. The number of carbonyl (C=O) groups is 1.